The Hall–Kier alpha value is -3.94. The van der Waals surface area contributed by atoms with Crippen LogP contribution in [0, 0.1) is 0 Å². The van der Waals surface area contributed by atoms with Crippen LogP contribution in [0.5, 0.6) is 5.75 Å². The molecule has 2 aromatic carbocycles. The molecule has 0 saturated heterocycles. The standard InChI is InChI=1S/C20H14N2O6/c1-22-19(25)15-5-3-2-4-14(15)18(21-22)20(26)27-10-11-8-17(24)28-16-9-12(23)6-7-13(11)16/h2-9,23H,10H2,1H3. The Morgan fingerprint density at radius 2 is 1.86 bits per heavy atom. The van der Waals surface area contributed by atoms with Crippen molar-refractivity contribution in [2.24, 2.45) is 7.05 Å². The molecular formula is C20H14N2O6. The SMILES string of the molecule is Cn1nc(C(=O)OCc2cc(=O)oc3cc(O)ccc23)c2ccccc2c1=O. The minimum Gasteiger partial charge on any atom is -0.508 e. The molecule has 0 unspecified atom stereocenters. The number of aromatic nitrogens is 2. The van der Waals surface area contributed by atoms with Gasteiger partial charge in [-0.3, -0.25) is 4.79 Å². The molecule has 4 rings (SSSR count). The molecule has 2 aromatic heterocycles. The first-order valence-electron chi connectivity index (χ1n) is 8.33. The molecule has 0 aliphatic carbocycles. The lowest BCUT2D eigenvalue weighted by molar-refractivity contribution is 0.0466. The molecule has 0 amide bonds. The molecule has 0 radical (unpaired) electrons. The first-order valence-corrected chi connectivity index (χ1v) is 8.33. The van der Waals surface area contributed by atoms with Crippen LogP contribution in [0.25, 0.3) is 21.7 Å². The molecule has 8 heteroatoms. The van der Waals surface area contributed by atoms with Gasteiger partial charge in [0.2, 0.25) is 0 Å². The monoisotopic (exact) mass is 378 g/mol. The van der Waals surface area contributed by atoms with Gasteiger partial charge in [-0.05, 0) is 18.2 Å². The van der Waals surface area contributed by atoms with Gasteiger partial charge in [0, 0.05) is 35.5 Å². The first kappa shape index (κ1) is 17.5. The van der Waals surface area contributed by atoms with Gasteiger partial charge in [-0.15, -0.1) is 0 Å². The summed E-state index contributed by atoms with van der Waals surface area (Å²) in [6.07, 6.45) is 0. The summed E-state index contributed by atoms with van der Waals surface area (Å²) in [7, 11) is 1.45. The Morgan fingerprint density at radius 3 is 2.64 bits per heavy atom. The van der Waals surface area contributed by atoms with E-state index in [0.717, 1.165) is 4.68 Å². The van der Waals surface area contributed by atoms with Crippen LogP contribution >= 0.6 is 0 Å². The topological polar surface area (TPSA) is 112 Å². The molecule has 0 aliphatic rings. The van der Waals surface area contributed by atoms with Crippen LogP contribution in [0.15, 0.2) is 62.5 Å². The Bertz CT molecular complexity index is 1350. The lowest BCUT2D eigenvalue weighted by Crippen LogP contribution is -2.23. The molecule has 1 N–H and O–H groups in total. The van der Waals surface area contributed by atoms with Crippen molar-refractivity contribution in [1.82, 2.24) is 9.78 Å². The van der Waals surface area contributed by atoms with Crippen LogP contribution in [-0.2, 0) is 18.4 Å². The molecule has 2 heterocycles. The molecular weight excluding hydrogens is 364 g/mol. The average Bonchev–Trinajstić information content (AvgIpc) is 2.68. The molecule has 0 saturated carbocycles. The van der Waals surface area contributed by atoms with E-state index in [1.165, 1.54) is 25.2 Å². The number of phenols is 1. The number of aromatic hydroxyl groups is 1. The summed E-state index contributed by atoms with van der Waals surface area (Å²) in [6.45, 7) is -0.204. The number of nitrogens with zero attached hydrogens (tertiary/aromatic N) is 2. The van der Waals surface area contributed by atoms with Crippen LogP contribution < -0.4 is 11.2 Å². The van der Waals surface area contributed by atoms with E-state index in [1.807, 2.05) is 0 Å². The van der Waals surface area contributed by atoms with E-state index in [2.05, 4.69) is 5.10 Å². The number of rotatable bonds is 3. The maximum atomic E-state index is 12.6. The van der Waals surface area contributed by atoms with Crippen molar-refractivity contribution in [2.45, 2.75) is 6.61 Å². The van der Waals surface area contributed by atoms with Crippen molar-refractivity contribution >= 4 is 27.7 Å². The second-order valence-electron chi connectivity index (χ2n) is 6.17. The zero-order valence-electron chi connectivity index (χ0n) is 14.7. The van der Waals surface area contributed by atoms with Crippen LogP contribution in [0.3, 0.4) is 0 Å². The van der Waals surface area contributed by atoms with Gasteiger partial charge in [-0.25, -0.2) is 14.3 Å². The van der Waals surface area contributed by atoms with Gasteiger partial charge in [-0.1, -0.05) is 18.2 Å². The number of ether oxygens (including phenoxy) is 1. The number of esters is 1. The summed E-state index contributed by atoms with van der Waals surface area (Å²) in [6, 6.07) is 12.2. The third kappa shape index (κ3) is 3.01. The normalized spacial score (nSPS) is 11.0. The van der Waals surface area contributed by atoms with E-state index < -0.39 is 11.6 Å². The summed E-state index contributed by atoms with van der Waals surface area (Å²) in [5.74, 6) is -0.780. The summed E-state index contributed by atoms with van der Waals surface area (Å²) in [4.78, 5) is 36.6. The lowest BCUT2D eigenvalue weighted by Gasteiger charge is -2.09. The average molecular weight is 378 g/mol. The number of hydrogen-bond acceptors (Lipinski definition) is 7. The van der Waals surface area contributed by atoms with Crippen molar-refractivity contribution in [3.63, 3.8) is 0 Å². The molecule has 8 nitrogen and oxygen atoms in total. The molecule has 0 aliphatic heterocycles. The van der Waals surface area contributed by atoms with Gasteiger partial charge in [0.05, 0.1) is 5.39 Å². The minimum absolute atomic E-state index is 0.00242. The van der Waals surface area contributed by atoms with Crippen LogP contribution in [-0.4, -0.2) is 20.9 Å². The fraction of sp³-hybridized carbons (Fsp3) is 0.100. The van der Waals surface area contributed by atoms with Crippen molar-refractivity contribution in [1.29, 1.82) is 0 Å². The highest BCUT2D eigenvalue weighted by Crippen LogP contribution is 2.23. The van der Waals surface area contributed by atoms with E-state index in [9.17, 15) is 19.5 Å². The van der Waals surface area contributed by atoms with Gasteiger partial charge in [-0.2, -0.15) is 5.10 Å². The Kier molecular flexibility index (Phi) is 4.15. The molecule has 140 valence electrons. The summed E-state index contributed by atoms with van der Waals surface area (Å²) in [5, 5.41) is 14.8. The van der Waals surface area contributed by atoms with Gasteiger partial charge in [0.25, 0.3) is 5.56 Å². The molecule has 28 heavy (non-hydrogen) atoms. The van der Waals surface area contributed by atoms with E-state index in [1.54, 1.807) is 30.3 Å². The lowest BCUT2D eigenvalue weighted by atomic mass is 10.1. The zero-order valence-corrected chi connectivity index (χ0v) is 14.7. The van der Waals surface area contributed by atoms with Crippen LogP contribution in [0.2, 0.25) is 0 Å². The Labute approximate surface area is 157 Å². The fourth-order valence-corrected chi connectivity index (χ4v) is 3.00. The maximum absolute atomic E-state index is 12.6. The maximum Gasteiger partial charge on any atom is 0.359 e. The van der Waals surface area contributed by atoms with E-state index >= 15 is 0 Å². The van der Waals surface area contributed by atoms with Gasteiger partial charge < -0.3 is 14.3 Å². The third-order valence-electron chi connectivity index (χ3n) is 4.32. The van der Waals surface area contributed by atoms with Crippen LogP contribution in [0.1, 0.15) is 16.1 Å². The number of benzene rings is 2. The van der Waals surface area contributed by atoms with Crippen molar-refractivity contribution in [2.75, 3.05) is 0 Å². The number of carbonyl (C=O) groups excluding carboxylic acids is 1. The minimum atomic E-state index is -0.730. The van der Waals surface area contributed by atoms with Gasteiger partial charge in [0.15, 0.2) is 5.69 Å². The van der Waals surface area contributed by atoms with Crippen LogP contribution in [0.4, 0.5) is 0 Å². The van der Waals surface area contributed by atoms with E-state index in [-0.39, 0.29) is 29.2 Å². The highest BCUT2D eigenvalue weighted by atomic mass is 16.5. The molecule has 0 spiro atoms. The number of hydrogen-bond donors (Lipinski definition) is 1. The molecule has 0 fully saturated rings. The van der Waals surface area contributed by atoms with Gasteiger partial charge in [0.1, 0.15) is 17.9 Å². The van der Waals surface area contributed by atoms with Crippen molar-refractivity contribution in [3.05, 3.63) is 80.6 Å². The fourth-order valence-electron chi connectivity index (χ4n) is 3.00. The summed E-state index contributed by atoms with van der Waals surface area (Å²) in [5.41, 5.74) is -0.339. The van der Waals surface area contributed by atoms with E-state index in [4.69, 9.17) is 9.15 Å². The van der Waals surface area contributed by atoms with E-state index in [0.29, 0.717) is 21.7 Å². The number of carbonyl (C=O) groups is 1. The van der Waals surface area contributed by atoms with Gasteiger partial charge >= 0.3 is 11.6 Å². The second-order valence-corrected chi connectivity index (χ2v) is 6.17. The quantitative estimate of drug-likeness (QED) is 0.429. The Morgan fingerprint density at radius 1 is 1.11 bits per heavy atom. The largest absolute Gasteiger partial charge is 0.508 e. The highest BCUT2D eigenvalue weighted by Gasteiger charge is 2.18. The zero-order chi connectivity index (χ0) is 19.8. The molecule has 0 atom stereocenters. The number of fused-ring (bicyclic) bond motifs is 2. The number of phenolic OH excluding ortho intramolecular Hbond substituents is 1. The highest BCUT2D eigenvalue weighted by molar-refractivity contribution is 6.02. The third-order valence-corrected chi connectivity index (χ3v) is 4.32. The summed E-state index contributed by atoms with van der Waals surface area (Å²) < 4.78 is 11.5. The first-order chi connectivity index (χ1) is 13.4. The molecule has 4 aromatic rings. The predicted octanol–water partition coefficient (Wildman–Crippen LogP) is 2.10. The Balaban J connectivity index is 1.71. The number of aryl methyl sites for hydroxylation is 1. The molecule has 0 bridgehead atoms. The second kappa shape index (κ2) is 6.66. The van der Waals surface area contributed by atoms with Crippen molar-refractivity contribution in [3.8, 4) is 5.75 Å². The predicted molar refractivity (Wildman–Crippen MR) is 100 cm³/mol. The smallest absolute Gasteiger partial charge is 0.359 e. The van der Waals surface area contributed by atoms with Crippen molar-refractivity contribution < 1.29 is 19.1 Å². The summed E-state index contributed by atoms with van der Waals surface area (Å²) >= 11 is 0.